The Morgan fingerprint density at radius 3 is 2.83 bits per heavy atom. The minimum absolute atomic E-state index is 0.0157. The first kappa shape index (κ1) is 14.2. The van der Waals surface area contributed by atoms with E-state index in [1.54, 1.807) is 14.0 Å². The van der Waals surface area contributed by atoms with E-state index in [1.807, 2.05) is 0 Å². The lowest BCUT2D eigenvalue weighted by molar-refractivity contribution is -0.384. The van der Waals surface area contributed by atoms with Crippen LogP contribution in [-0.4, -0.2) is 36.0 Å². The molecule has 0 atom stereocenters. The molecule has 98 valence electrons. The zero-order chi connectivity index (χ0) is 13.7. The zero-order valence-electron chi connectivity index (χ0n) is 10.0. The van der Waals surface area contributed by atoms with Gasteiger partial charge in [0.25, 0.3) is 5.69 Å². The van der Waals surface area contributed by atoms with E-state index in [1.165, 1.54) is 11.0 Å². The first-order valence-electron chi connectivity index (χ1n) is 5.24. The highest BCUT2D eigenvalue weighted by Crippen LogP contribution is 2.22. The smallest absolute Gasteiger partial charge is 0.276 e. The number of anilines is 1. The molecule has 0 saturated carbocycles. The van der Waals surface area contributed by atoms with E-state index in [2.05, 4.69) is 10.3 Å². The van der Waals surface area contributed by atoms with Gasteiger partial charge in [-0.05, 0) is 6.92 Å². The van der Waals surface area contributed by atoms with Gasteiger partial charge in [0.1, 0.15) is 11.0 Å². The lowest BCUT2D eigenvalue weighted by Gasteiger charge is -2.17. The highest BCUT2D eigenvalue weighted by atomic mass is 35.5. The second-order valence-corrected chi connectivity index (χ2v) is 3.96. The third-order valence-corrected chi connectivity index (χ3v) is 2.32. The minimum Gasteiger partial charge on any atom is -0.355 e. The number of hydrogen-bond donors (Lipinski definition) is 1. The maximum absolute atomic E-state index is 11.4. The molecule has 8 heteroatoms. The van der Waals surface area contributed by atoms with Gasteiger partial charge in [-0.2, -0.15) is 0 Å². The summed E-state index contributed by atoms with van der Waals surface area (Å²) in [5, 5.41) is 13.3. The van der Waals surface area contributed by atoms with Crippen LogP contribution in [0.25, 0.3) is 0 Å². The number of amides is 1. The molecule has 0 saturated heterocycles. The quantitative estimate of drug-likeness (QED) is 0.494. The van der Waals surface area contributed by atoms with E-state index >= 15 is 0 Å². The predicted molar refractivity (Wildman–Crippen MR) is 67.9 cm³/mol. The van der Waals surface area contributed by atoms with Crippen molar-refractivity contribution >= 4 is 29.0 Å². The van der Waals surface area contributed by atoms with Gasteiger partial charge in [-0.15, -0.1) is 0 Å². The van der Waals surface area contributed by atoms with Crippen LogP contribution < -0.4 is 10.2 Å². The summed E-state index contributed by atoms with van der Waals surface area (Å²) in [6.45, 7) is 2.38. The number of carbonyl (C=O) groups is 1. The van der Waals surface area contributed by atoms with E-state index in [4.69, 9.17) is 11.6 Å². The Kier molecular flexibility index (Phi) is 4.85. The summed E-state index contributed by atoms with van der Waals surface area (Å²) >= 11 is 5.69. The van der Waals surface area contributed by atoms with Gasteiger partial charge in [0.05, 0.1) is 23.6 Å². The number of halogens is 1. The first-order valence-corrected chi connectivity index (χ1v) is 5.61. The third-order valence-electron chi connectivity index (χ3n) is 2.12. The Balaban J connectivity index is 2.88. The van der Waals surface area contributed by atoms with Crippen LogP contribution in [0.3, 0.4) is 0 Å². The van der Waals surface area contributed by atoms with Crippen molar-refractivity contribution in [3.05, 3.63) is 27.4 Å². The van der Waals surface area contributed by atoms with Crippen LogP contribution >= 0.6 is 11.6 Å². The monoisotopic (exact) mass is 272 g/mol. The van der Waals surface area contributed by atoms with Gasteiger partial charge in [0.15, 0.2) is 0 Å². The lowest BCUT2D eigenvalue weighted by atomic mass is 10.3. The number of aromatic nitrogens is 1. The molecule has 0 unspecified atom stereocenters. The molecule has 1 aromatic rings. The minimum atomic E-state index is -0.559. The number of carbonyl (C=O) groups excluding carboxylic acids is 1. The Morgan fingerprint density at radius 1 is 1.61 bits per heavy atom. The summed E-state index contributed by atoms with van der Waals surface area (Å²) in [5.41, 5.74) is -0.159. The number of nitrogens with zero attached hydrogens (tertiary/aromatic N) is 3. The van der Waals surface area contributed by atoms with Crippen molar-refractivity contribution in [2.45, 2.75) is 6.92 Å². The van der Waals surface area contributed by atoms with E-state index in [-0.39, 0.29) is 29.1 Å². The van der Waals surface area contributed by atoms with Gasteiger partial charge in [-0.1, -0.05) is 11.6 Å². The molecule has 0 fully saturated rings. The van der Waals surface area contributed by atoms with Crippen molar-refractivity contribution < 1.29 is 9.72 Å². The third kappa shape index (κ3) is 3.85. The second-order valence-electron chi connectivity index (χ2n) is 3.57. The fourth-order valence-corrected chi connectivity index (χ4v) is 1.52. The number of likely N-dealkylation sites (N-methyl/N-ethyl adjacent to an activating group) is 2. The van der Waals surface area contributed by atoms with E-state index in [9.17, 15) is 14.9 Å². The maximum Gasteiger partial charge on any atom is 0.276 e. The van der Waals surface area contributed by atoms with Gasteiger partial charge in [0.2, 0.25) is 5.91 Å². The predicted octanol–water partition coefficient (Wildman–Crippen LogP) is 1.22. The molecular formula is C10H13ClN4O3. The van der Waals surface area contributed by atoms with Crippen molar-refractivity contribution in [3.8, 4) is 0 Å². The average molecular weight is 273 g/mol. The summed E-state index contributed by atoms with van der Waals surface area (Å²) < 4.78 is 0. The Bertz CT molecular complexity index is 466. The van der Waals surface area contributed by atoms with Crippen LogP contribution in [0.4, 0.5) is 11.5 Å². The highest BCUT2D eigenvalue weighted by molar-refractivity contribution is 6.29. The SMILES string of the molecule is CCNC(=O)CN(C)c1cc([N+](=O)[O-])cc(Cl)n1. The molecule has 0 aliphatic heterocycles. The normalized spacial score (nSPS) is 9.94. The van der Waals surface area contributed by atoms with Crippen molar-refractivity contribution in [3.63, 3.8) is 0 Å². The molecule has 7 nitrogen and oxygen atoms in total. The Morgan fingerprint density at radius 2 is 2.28 bits per heavy atom. The highest BCUT2D eigenvalue weighted by Gasteiger charge is 2.14. The molecule has 0 bridgehead atoms. The summed E-state index contributed by atoms with van der Waals surface area (Å²) in [6.07, 6.45) is 0. The largest absolute Gasteiger partial charge is 0.355 e. The molecule has 0 spiro atoms. The lowest BCUT2D eigenvalue weighted by Crippen LogP contribution is -2.35. The Labute approximate surface area is 109 Å². The molecule has 1 rings (SSSR count). The number of nitrogens with one attached hydrogen (secondary N) is 1. The van der Waals surface area contributed by atoms with Gasteiger partial charge in [-0.25, -0.2) is 4.98 Å². The van der Waals surface area contributed by atoms with Gasteiger partial charge < -0.3 is 10.2 Å². The molecule has 18 heavy (non-hydrogen) atoms. The van der Waals surface area contributed by atoms with Crippen LogP contribution in [0.2, 0.25) is 5.15 Å². The molecule has 1 amide bonds. The summed E-state index contributed by atoms with van der Waals surface area (Å²) in [5.74, 6) is 0.0879. The van der Waals surface area contributed by atoms with Gasteiger partial charge in [0, 0.05) is 13.6 Å². The topological polar surface area (TPSA) is 88.4 Å². The molecular weight excluding hydrogens is 260 g/mol. The average Bonchev–Trinajstić information content (AvgIpc) is 2.28. The van der Waals surface area contributed by atoms with E-state index in [0.29, 0.717) is 6.54 Å². The fraction of sp³-hybridized carbons (Fsp3) is 0.400. The van der Waals surface area contributed by atoms with E-state index in [0.717, 1.165) is 6.07 Å². The summed E-state index contributed by atoms with van der Waals surface area (Å²) in [7, 11) is 1.61. The number of pyridine rings is 1. The molecule has 1 heterocycles. The van der Waals surface area contributed by atoms with E-state index < -0.39 is 4.92 Å². The van der Waals surface area contributed by atoms with Crippen molar-refractivity contribution in [2.24, 2.45) is 0 Å². The molecule has 0 aliphatic rings. The zero-order valence-corrected chi connectivity index (χ0v) is 10.8. The fourth-order valence-electron chi connectivity index (χ4n) is 1.32. The number of hydrogen-bond acceptors (Lipinski definition) is 5. The molecule has 0 aliphatic carbocycles. The van der Waals surface area contributed by atoms with Crippen molar-refractivity contribution in [1.29, 1.82) is 0 Å². The Hall–Kier alpha value is -1.89. The van der Waals surface area contributed by atoms with Gasteiger partial charge >= 0.3 is 0 Å². The molecule has 0 aromatic carbocycles. The summed E-state index contributed by atoms with van der Waals surface area (Å²) in [4.78, 5) is 26.9. The second kappa shape index (κ2) is 6.15. The summed E-state index contributed by atoms with van der Waals surface area (Å²) in [6, 6.07) is 2.43. The molecule has 1 aromatic heterocycles. The van der Waals surface area contributed by atoms with Crippen molar-refractivity contribution in [2.75, 3.05) is 25.0 Å². The van der Waals surface area contributed by atoms with Crippen LogP contribution in [-0.2, 0) is 4.79 Å². The number of rotatable bonds is 5. The van der Waals surface area contributed by atoms with Crippen LogP contribution in [0, 0.1) is 10.1 Å². The standard InChI is InChI=1S/C10H13ClN4O3/c1-3-12-10(16)6-14(2)9-5-7(15(17)18)4-8(11)13-9/h4-5H,3,6H2,1-2H3,(H,12,16). The van der Waals surface area contributed by atoms with Crippen molar-refractivity contribution in [1.82, 2.24) is 10.3 Å². The van der Waals surface area contributed by atoms with Crippen LogP contribution in [0.1, 0.15) is 6.92 Å². The molecule has 1 N–H and O–H groups in total. The molecule has 0 radical (unpaired) electrons. The van der Waals surface area contributed by atoms with Crippen LogP contribution in [0.15, 0.2) is 12.1 Å². The first-order chi connectivity index (χ1) is 8.43. The maximum atomic E-state index is 11.4. The van der Waals surface area contributed by atoms with Gasteiger partial charge in [-0.3, -0.25) is 14.9 Å². The van der Waals surface area contributed by atoms with Crippen LogP contribution in [0.5, 0.6) is 0 Å². The number of nitro groups is 1.